The topological polar surface area (TPSA) is 102 Å². The summed E-state index contributed by atoms with van der Waals surface area (Å²) in [6.45, 7) is 3.86. The molecule has 1 aliphatic rings. The molecule has 2 amide bonds. The number of carbonyl (C=O) groups is 2. The van der Waals surface area contributed by atoms with Gasteiger partial charge in [0.05, 0.1) is 19.4 Å². The Bertz CT molecular complexity index is 787. The highest BCUT2D eigenvalue weighted by atomic mass is 16.5. The van der Waals surface area contributed by atoms with Crippen LogP contribution in [-0.4, -0.2) is 66.4 Å². The molecule has 1 saturated heterocycles. The molecule has 2 aromatic rings. The normalized spacial score (nSPS) is 18.0. The first-order valence-corrected chi connectivity index (χ1v) is 8.97. The van der Waals surface area contributed by atoms with Gasteiger partial charge < -0.3 is 20.7 Å². The fourth-order valence-electron chi connectivity index (χ4n) is 3.09. The first kappa shape index (κ1) is 19.1. The maximum absolute atomic E-state index is 12.4. The Morgan fingerprint density at radius 3 is 2.81 bits per heavy atom. The molecular formula is C19H25N5O3. The molecule has 1 fully saturated rings. The zero-order chi connectivity index (χ0) is 19.2. The number of carbonyl (C=O) groups excluding carboxylic acids is 2. The van der Waals surface area contributed by atoms with Crippen molar-refractivity contribution < 1.29 is 14.3 Å². The molecular weight excluding hydrogens is 346 g/mol. The van der Waals surface area contributed by atoms with Crippen molar-refractivity contribution >= 4 is 11.8 Å². The number of benzene rings is 1. The molecule has 3 rings (SSSR count). The van der Waals surface area contributed by atoms with Crippen molar-refractivity contribution in [3.8, 4) is 11.1 Å². The fourth-order valence-corrected chi connectivity index (χ4v) is 3.09. The molecule has 0 bridgehead atoms. The van der Waals surface area contributed by atoms with Gasteiger partial charge in [-0.15, -0.1) is 0 Å². The minimum atomic E-state index is -0.443. The van der Waals surface area contributed by atoms with E-state index in [1.54, 1.807) is 24.5 Å². The van der Waals surface area contributed by atoms with E-state index in [1.165, 1.54) is 4.68 Å². The smallest absolute Gasteiger partial charge is 0.251 e. The number of amides is 2. The van der Waals surface area contributed by atoms with Crippen LogP contribution in [-0.2, 0) is 16.1 Å². The van der Waals surface area contributed by atoms with Crippen LogP contribution in [0.4, 0.5) is 0 Å². The van der Waals surface area contributed by atoms with Crippen LogP contribution in [0.2, 0.25) is 0 Å². The highest BCUT2D eigenvalue weighted by molar-refractivity contribution is 5.94. The summed E-state index contributed by atoms with van der Waals surface area (Å²) in [6, 6.07) is 7.30. The van der Waals surface area contributed by atoms with Gasteiger partial charge in [-0.25, -0.2) is 0 Å². The first-order valence-electron chi connectivity index (χ1n) is 8.97. The van der Waals surface area contributed by atoms with Crippen LogP contribution in [0.25, 0.3) is 11.1 Å². The third-order valence-corrected chi connectivity index (χ3v) is 4.52. The zero-order valence-corrected chi connectivity index (χ0v) is 15.4. The Balaban J connectivity index is 1.57. The summed E-state index contributed by atoms with van der Waals surface area (Å²) in [6.07, 6.45) is 3.42. The van der Waals surface area contributed by atoms with Gasteiger partial charge in [0.1, 0.15) is 6.54 Å². The molecule has 0 aliphatic carbocycles. The second-order valence-corrected chi connectivity index (χ2v) is 6.88. The average molecular weight is 371 g/mol. The number of nitrogens with two attached hydrogens (primary N) is 1. The van der Waals surface area contributed by atoms with E-state index in [9.17, 15) is 9.59 Å². The zero-order valence-electron chi connectivity index (χ0n) is 15.4. The molecule has 0 unspecified atom stereocenters. The summed E-state index contributed by atoms with van der Waals surface area (Å²) >= 11 is 0. The summed E-state index contributed by atoms with van der Waals surface area (Å²) < 4.78 is 7.07. The van der Waals surface area contributed by atoms with Crippen molar-refractivity contribution in [3.05, 3.63) is 42.2 Å². The third-order valence-electron chi connectivity index (χ3n) is 4.52. The maximum Gasteiger partial charge on any atom is 0.251 e. The summed E-state index contributed by atoms with van der Waals surface area (Å²) in [5.74, 6) is -0.253. The van der Waals surface area contributed by atoms with E-state index in [-0.39, 0.29) is 18.4 Å². The monoisotopic (exact) mass is 371 g/mol. The SMILES string of the molecule is CN1CCOC[C@H](CNC(=O)c2ccc(-c3cnn(CC(N)=O)c3)cc2)C1. The van der Waals surface area contributed by atoms with E-state index in [4.69, 9.17) is 10.5 Å². The Hall–Kier alpha value is -2.71. The Kier molecular flexibility index (Phi) is 6.20. The molecule has 27 heavy (non-hydrogen) atoms. The Morgan fingerprint density at radius 2 is 2.07 bits per heavy atom. The quantitative estimate of drug-likeness (QED) is 0.762. The molecule has 144 valence electrons. The van der Waals surface area contributed by atoms with E-state index in [0.717, 1.165) is 30.8 Å². The lowest BCUT2D eigenvalue weighted by molar-refractivity contribution is -0.118. The molecule has 1 aromatic carbocycles. The van der Waals surface area contributed by atoms with Gasteiger partial charge in [-0.2, -0.15) is 5.10 Å². The molecule has 1 atom stereocenters. The van der Waals surface area contributed by atoms with Crippen molar-refractivity contribution in [1.82, 2.24) is 20.0 Å². The van der Waals surface area contributed by atoms with Gasteiger partial charge in [0.15, 0.2) is 0 Å². The van der Waals surface area contributed by atoms with Crippen LogP contribution >= 0.6 is 0 Å². The number of ether oxygens (including phenoxy) is 1. The van der Waals surface area contributed by atoms with Gasteiger partial charge in [-0.1, -0.05) is 12.1 Å². The molecule has 0 saturated carbocycles. The minimum Gasteiger partial charge on any atom is -0.380 e. The Labute approximate surface area is 158 Å². The van der Waals surface area contributed by atoms with Crippen molar-refractivity contribution in [1.29, 1.82) is 0 Å². The molecule has 0 radical (unpaired) electrons. The van der Waals surface area contributed by atoms with E-state index < -0.39 is 5.91 Å². The number of primary amides is 1. The predicted octanol–water partition coefficient (Wildman–Crippen LogP) is 0.343. The number of nitrogens with one attached hydrogen (secondary N) is 1. The van der Waals surface area contributed by atoms with Gasteiger partial charge in [0.25, 0.3) is 5.91 Å². The number of hydrogen-bond donors (Lipinski definition) is 2. The number of likely N-dealkylation sites (N-methyl/N-ethyl adjacent to an activating group) is 1. The van der Waals surface area contributed by atoms with Crippen LogP contribution in [0.1, 0.15) is 10.4 Å². The standard InChI is InChI=1S/C19H25N5O3/c1-23-6-7-27-13-14(10-23)8-21-19(26)16-4-2-15(3-5-16)17-9-22-24(11-17)12-18(20)25/h2-5,9,11,14H,6-8,10,12-13H2,1H3,(H2,20,25)(H,21,26)/t14-/m1/s1. The van der Waals surface area contributed by atoms with Crippen LogP contribution in [0.15, 0.2) is 36.7 Å². The molecule has 0 spiro atoms. The molecule has 1 aliphatic heterocycles. The minimum absolute atomic E-state index is 0.0422. The average Bonchev–Trinajstić information content (AvgIpc) is 3.00. The summed E-state index contributed by atoms with van der Waals surface area (Å²) in [4.78, 5) is 25.6. The summed E-state index contributed by atoms with van der Waals surface area (Å²) in [5.41, 5.74) is 7.55. The molecule has 8 nitrogen and oxygen atoms in total. The third kappa shape index (κ3) is 5.38. The van der Waals surface area contributed by atoms with Crippen LogP contribution < -0.4 is 11.1 Å². The lowest BCUT2D eigenvalue weighted by Crippen LogP contribution is -2.35. The summed E-state index contributed by atoms with van der Waals surface area (Å²) in [7, 11) is 2.06. The van der Waals surface area contributed by atoms with Gasteiger partial charge in [-0.05, 0) is 24.7 Å². The van der Waals surface area contributed by atoms with E-state index in [0.29, 0.717) is 18.7 Å². The second kappa shape index (κ2) is 8.79. The van der Waals surface area contributed by atoms with Gasteiger partial charge in [-0.3, -0.25) is 14.3 Å². The fraction of sp³-hybridized carbons (Fsp3) is 0.421. The van der Waals surface area contributed by atoms with E-state index in [2.05, 4.69) is 22.4 Å². The second-order valence-electron chi connectivity index (χ2n) is 6.88. The number of rotatable bonds is 6. The number of hydrogen-bond acceptors (Lipinski definition) is 5. The van der Waals surface area contributed by atoms with Crippen molar-refractivity contribution in [2.45, 2.75) is 6.54 Å². The van der Waals surface area contributed by atoms with Crippen molar-refractivity contribution in [2.75, 3.05) is 39.9 Å². The van der Waals surface area contributed by atoms with E-state index in [1.807, 2.05) is 12.1 Å². The van der Waals surface area contributed by atoms with Crippen molar-refractivity contribution in [3.63, 3.8) is 0 Å². The van der Waals surface area contributed by atoms with Gasteiger partial charge >= 0.3 is 0 Å². The van der Waals surface area contributed by atoms with Crippen LogP contribution in [0, 0.1) is 5.92 Å². The van der Waals surface area contributed by atoms with Gasteiger partial charge in [0, 0.05) is 42.9 Å². The highest BCUT2D eigenvalue weighted by Crippen LogP contribution is 2.19. The molecule has 8 heteroatoms. The van der Waals surface area contributed by atoms with Crippen LogP contribution in [0.5, 0.6) is 0 Å². The molecule has 2 heterocycles. The lowest BCUT2D eigenvalue weighted by atomic mass is 10.1. The maximum atomic E-state index is 12.4. The van der Waals surface area contributed by atoms with Crippen LogP contribution in [0.3, 0.4) is 0 Å². The number of nitrogens with zero attached hydrogens (tertiary/aromatic N) is 3. The lowest BCUT2D eigenvalue weighted by Gasteiger charge is -2.19. The highest BCUT2D eigenvalue weighted by Gasteiger charge is 2.17. The predicted molar refractivity (Wildman–Crippen MR) is 101 cm³/mol. The Morgan fingerprint density at radius 1 is 1.30 bits per heavy atom. The van der Waals surface area contributed by atoms with E-state index >= 15 is 0 Å². The van der Waals surface area contributed by atoms with Crippen molar-refractivity contribution in [2.24, 2.45) is 11.7 Å². The molecule has 1 aromatic heterocycles. The number of aromatic nitrogens is 2. The van der Waals surface area contributed by atoms with Gasteiger partial charge in [0.2, 0.25) is 5.91 Å². The molecule has 3 N–H and O–H groups in total. The first-order chi connectivity index (χ1) is 13.0. The summed E-state index contributed by atoms with van der Waals surface area (Å²) in [5, 5.41) is 7.09. The largest absolute Gasteiger partial charge is 0.380 e.